The van der Waals surface area contributed by atoms with Gasteiger partial charge in [-0.3, -0.25) is 0 Å². The maximum Gasteiger partial charge on any atom is 0.0715 e. The van der Waals surface area contributed by atoms with Crippen LogP contribution in [0.2, 0.25) is 0 Å². The molecule has 3 rings (SSSR count). The first kappa shape index (κ1) is 12.7. The predicted octanol–water partition coefficient (Wildman–Crippen LogP) is 3.60. The minimum absolute atomic E-state index is 0.0370. The molecule has 0 bridgehead atoms. The molecule has 0 spiro atoms. The molecule has 1 aromatic carbocycles. The van der Waals surface area contributed by atoms with Gasteiger partial charge >= 0.3 is 0 Å². The van der Waals surface area contributed by atoms with E-state index >= 15 is 0 Å². The molecule has 100 valence electrons. The summed E-state index contributed by atoms with van der Waals surface area (Å²) in [6.07, 6.45) is 5.55. The van der Waals surface area contributed by atoms with Crippen molar-refractivity contribution in [3.8, 4) is 6.07 Å². The summed E-state index contributed by atoms with van der Waals surface area (Å²) in [4.78, 5) is 0. The van der Waals surface area contributed by atoms with Gasteiger partial charge in [0.05, 0.1) is 30.1 Å². The Balaban J connectivity index is 1.92. The quantitative estimate of drug-likeness (QED) is 0.823. The normalized spacial score (nSPS) is 22.9. The molecule has 0 N–H and O–H groups in total. The van der Waals surface area contributed by atoms with Crippen LogP contribution in [-0.2, 0) is 16.6 Å². The van der Waals surface area contributed by atoms with Crippen LogP contribution in [0.1, 0.15) is 43.7 Å². The molecule has 2 fully saturated rings. The Kier molecular flexibility index (Phi) is 3.11. The fraction of sp³-hybridized carbons (Fsp3) is 0.588. The van der Waals surface area contributed by atoms with Gasteiger partial charge in [0.1, 0.15) is 0 Å². The highest BCUT2D eigenvalue weighted by Crippen LogP contribution is 2.58. The van der Waals surface area contributed by atoms with Gasteiger partial charge < -0.3 is 4.74 Å². The molecule has 1 saturated carbocycles. The van der Waals surface area contributed by atoms with Gasteiger partial charge in [-0.1, -0.05) is 44.0 Å². The van der Waals surface area contributed by atoms with Gasteiger partial charge in [-0.25, -0.2) is 0 Å². The van der Waals surface area contributed by atoms with Gasteiger partial charge in [-0.2, -0.15) is 5.26 Å². The third-order valence-corrected chi connectivity index (χ3v) is 5.08. The number of hydrogen-bond donors (Lipinski definition) is 0. The molecule has 0 aromatic heterocycles. The third kappa shape index (κ3) is 1.72. The van der Waals surface area contributed by atoms with Crippen LogP contribution in [0.5, 0.6) is 0 Å². The van der Waals surface area contributed by atoms with Crippen molar-refractivity contribution in [2.75, 3.05) is 13.2 Å². The van der Waals surface area contributed by atoms with Crippen molar-refractivity contribution < 1.29 is 4.74 Å². The number of nitriles is 1. The van der Waals surface area contributed by atoms with Crippen molar-refractivity contribution in [1.82, 2.24) is 0 Å². The number of hydrogen-bond acceptors (Lipinski definition) is 2. The van der Waals surface area contributed by atoms with Crippen LogP contribution in [0.25, 0.3) is 0 Å². The number of aryl methyl sites for hydroxylation is 1. The molecule has 2 aliphatic rings. The number of rotatable bonds is 4. The van der Waals surface area contributed by atoms with Crippen LogP contribution >= 0.6 is 0 Å². The zero-order chi connectivity index (χ0) is 13.3. The Hall–Kier alpha value is -1.33. The van der Waals surface area contributed by atoms with Gasteiger partial charge in [0, 0.05) is 0 Å². The highest BCUT2D eigenvalue weighted by molar-refractivity contribution is 5.38. The van der Waals surface area contributed by atoms with E-state index in [1.54, 1.807) is 0 Å². The van der Waals surface area contributed by atoms with E-state index < -0.39 is 0 Å². The molecule has 2 nitrogen and oxygen atoms in total. The molecule has 1 aromatic rings. The first-order valence-corrected chi connectivity index (χ1v) is 7.35. The van der Waals surface area contributed by atoms with Crippen molar-refractivity contribution in [1.29, 1.82) is 5.26 Å². The van der Waals surface area contributed by atoms with Crippen molar-refractivity contribution in [2.45, 2.75) is 44.4 Å². The van der Waals surface area contributed by atoms with Gasteiger partial charge in [0.2, 0.25) is 0 Å². The molecule has 2 heteroatoms. The SMILES string of the molecule is CCCc1ccc(C2(C3(C#N)CCC3)COC2)cc1. The summed E-state index contributed by atoms with van der Waals surface area (Å²) in [5.74, 6) is 0. The number of ether oxygens (including phenoxy) is 1. The summed E-state index contributed by atoms with van der Waals surface area (Å²) in [6.45, 7) is 3.63. The van der Waals surface area contributed by atoms with E-state index in [1.807, 2.05) is 0 Å². The van der Waals surface area contributed by atoms with E-state index in [4.69, 9.17) is 4.74 Å². The van der Waals surface area contributed by atoms with Gasteiger partial charge in [0.15, 0.2) is 0 Å². The number of nitrogens with zero attached hydrogens (tertiary/aromatic N) is 1. The second-order valence-electron chi connectivity index (χ2n) is 6.07. The number of benzene rings is 1. The van der Waals surface area contributed by atoms with Crippen LogP contribution < -0.4 is 0 Å². The van der Waals surface area contributed by atoms with E-state index in [2.05, 4.69) is 37.3 Å². The largest absolute Gasteiger partial charge is 0.379 e. The Labute approximate surface area is 115 Å². The molecular weight excluding hydrogens is 234 g/mol. The van der Waals surface area contributed by atoms with Crippen molar-refractivity contribution in [3.05, 3.63) is 35.4 Å². The van der Waals surface area contributed by atoms with Crippen LogP contribution in [0.15, 0.2) is 24.3 Å². The van der Waals surface area contributed by atoms with Crippen molar-refractivity contribution >= 4 is 0 Å². The van der Waals surface area contributed by atoms with E-state index in [-0.39, 0.29) is 10.8 Å². The molecule has 1 aliphatic heterocycles. The summed E-state index contributed by atoms with van der Waals surface area (Å²) in [6, 6.07) is 11.5. The van der Waals surface area contributed by atoms with Crippen LogP contribution in [0, 0.1) is 16.7 Å². The second-order valence-corrected chi connectivity index (χ2v) is 6.07. The van der Waals surface area contributed by atoms with E-state index in [9.17, 15) is 5.26 Å². The lowest BCUT2D eigenvalue weighted by Crippen LogP contribution is -2.61. The Morgan fingerprint density at radius 1 is 1.21 bits per heavy atom. The summed E-state index contributed by atoms with van der Waals surface area (Å²) in [5, 5.41) is 9.63. The standard InChI is InChI=1S/C17H21NO/c1-2-4-14-5-7-15(8-6-14)17(12-19-13-17)16(11-18)9-3-10-16/h5-8H,2-4,9-10,12-13H2,1H3. The predicted molar refractivity (Wildman–Crippen MR) is 74.8 cm³/mol. The molecule has 1 saturated heterocycles. The monoisotopic (exact) mass is 255 g/mol. The highest BCUT2D eigenvalue weighted by Gasteiger charge is 2.60. The summed E-state index contributed by atoms with van der Waals surface area (Å²) < 4.78 is 5.50. The average molecular weight is 255 g/mol. The summed E-state index contributed by atoms with van der Waals surface area (Å²) in [7, 11) is 0. The third-order valence-electron chi connectivity index (χ3n) is 5.08. The first-order valence-electron chi connectivity index (χ1n) is 7.35. The van der Waals surface area contributed by atoms with Crippen LogP contribution in [-0.4, -0.2) is 13.2 Å². The molecular formula is C17H21NO. The fourth-order valence-corrected chi connectivity index (χ4v) is 3.53. The molecule has 0 radical (unpaired) electrons. The van der Waals surface area contributed by atoms with Crippen molar-refractivity contribution in [2.24, 2.45) is 5.41 Å². The molecule has 1 heterocycles. The van der Waals surface area contributed by atoms with E-state index in [0.717, 1.165) is 19.3 Å². The Morgan fingerprint density at radius 3 is 2.26 bits per heavy atom. The minimum atomic E-state index is -0.169. The maximum atomic E-state index is 9.63. The minimum Gasteiger partial charge on any atom is -0.379 e. The van der Waals surface area contributed by atoms with Crippen LogP contribution in [0.4, 0.5) is 0 Å². The summed E-state index contributed by atoms with van der Waals surface area (Å²) in [5.41, 5.74) is 2.49. The highest BCUT2D eigenvalue weighted by atomic mass is 16.5. The molecule has 0 amide bonds. The van der Waals surface area contributed by atoms with E-state index in [1.165, 1.54) is 24.0 Å². The molecule has 0 atom stereocenters. The van der Waals surface area contributed by atoms with Gasteiger partial charge in [-0.05, 0) is 30.4 Å². The fourth-order valence-electron chi connectivity index (χ4n) is 3.53. The second kappa shape index (κ2) is 4.65. The maximum absolute atomic E-state index is 9.63. The Bertz CT molecular complexity index is 489. The zero-order valence-corrected chi connectivity index (χ0v) is 11.6. The first-order chi connectivity index (χ1) is 9.26. The molecule has 1 aliphatic carbocycles. The zero-order valence-electron chi connectivity index (χ0n) is 11.6. The molecule has 0 unspecified atom stereocenters. The smallest absolute Gasteiger partial charge is 0.0715 e. The summed E-state index contributed by atoms with van der Waals surface area (Å²) >= 11 is 0. The lowest BCUT2D eigenvalue weighted by molar-refractivity contribution is -0.134. The van der Waals surface area contributed by atoms with E-state index in [0.29, 0.717) is 13.2 Å². The average Bonchev–Trinajstić information content (AvgIpc) is 2.33. The lowest BCUT2D eigenvalue weighted by Gasteiger charge is -2.56. The van der Waals surface area contributed by atoms with Gasteiger partial charge in [0.25, 0.3) is 0 Å². The van der Waals surface area contributed by atoms with Crippen LogP contribution in [0.3, 0.4) is 0 Å². The van der Waals surface area contributed by atoms with Gasteiger partial charge in [-0.15, -0.1) is 0 Å². The Morgan fingerprint density at radius 2 is 1.89 bits per heavy atom. The lowest BCUT2D eigenvalue weighted by atomic mass is 9.50. The molecule has 19 heavy (non-hydrogen) atoms. The topological polar surface area (TPSA) is 33.0 Å². The van der Waals surface area contributed by atoms with Crippen molar-refractivity contribution in [3.63, 3.8) is 0 Å².